The van der Waals surface area contributed by atoms with E-state index in [-0.39, 0.29) is 0 Å². The van der Waals surface area contributed by atoms with Gasteiger partial charge in [0.2, 0.25) is 0 Å². The molecule has 88 valence electrons. The number of hydrogen-bond donors (Lipinski definition) is 1. The molecule has 0 aromatic heterocycles. The highest BCUT2D eigenvalue weighted by atomic mass is 16.5. The Bertz CT molecular complexity index is 436. The van der Waals surface area contributed by atoms with Crippen molar-refractivity contribution in [2.75, 3.05) is 11.9 Å². The molecule has 0 heterocycles. The molecule has 2 heteroatoms. The first-order chi connectivity index (χ1) is 8.38. The van der Waals surface area contributed by atoms with E-state index in [1.807, 2.05) is 54.6 Å². The molecule has 0 aliphatic heterocycles. The third-order valence-corrected chi connectivity index (χ3v) is 2.39. The van der Waals surface area contributed by atoms with Crippen LogP contribution in [0.5, 0.6) is 5.75 Å². The van der Waals surface area contributed by atoms with Gasteiger partial charge >= 0.3 is 0 Å². The van der Waals surface area contributed by atoms with E-state index in [4.69, 9.17) is 4.74 Å². The fourth-order valence-corrected chi connectivity index (χ4v) is 1.54. The summed E-state index contributed by atoms with van der Waals surface area (Å²) in [5, 5.41) is 3.33. The van der Waals surface area contributed by atoms with Crippen molar-refractivity contribution < 1.29 is 4.74 Å². The van der Waals surface area contributed by atoms with Crippen molar-refractivity contribution in [2.45, 2.75) is 13.3 Å². The monoisotopic (exact) mass is 227 g/mol. The maximum absolute atomic E-state index is 5.53. The Hall–Kier alpha value is -1.96. The van der Waals surface area contributed by atoms with Crippen LogP contribution in [0.1, 0.15) is 13.3 Å². The quantitative estimate of drug-likeness (QED) is 0.825. The third-order valence-electron chi connectivity index (χ3n) is 2.39. The van der Waals surface area contributed by atoms with Crippen LogP contribution in [0.3, 0.4) is 0 Å². The van der Waals surface area contributed by atoms with Gasteiger partial charge in [-0.15, -0.1) is 0 Å². The van der Waals surface area contributed by atoms with Gasteiger partial charge in [0, 0.05) is 11.4 Å². The van der Waals surface area contributed by atoms with Crippen molar-refractivity contribution in [1.29, 1.82) is 0 Å². The van der Waals surface area contributed by atoms with Crippen LogP contribution in [-0.4, -0.2) is 6.61 Å². The number of hydrogen-bond acceptors (Lipinski definition) is 2. The summed E-state index contributed by atoms with van der Waals surface area (Å²) in [5.74, 6) is 0.922. The molecule has 17 heavy (non-hydrogen) atoms. The van der Waals surface area contributed by atoms with Crippen LogP contribution in [0.25, 0.3) is 0 Å². The summed E-state index contributed by atoms with van der Waals surface area (Å²) < 4.78 is 5.53. The lowest BCUT2D eigenvalue weighted by Crippen LogP contribution is -1.95. The van der Waals surface area contributed by atoms with Crippen molar-refractivity contribution in [3.05, 3.63) is 54.6 Å². The topological polar surface area (TPSA) is 21.3 Å². The fraction of sp³-hybridized carbons (Fsp3) is 0.200. The molecule has 0 unspecified atom stereocenters. The lowest BCUT2D eigenvalue weighted by atomic mass is 10.2. The first kappa shape index (κ1) is 11.5. The molecule has 0 saturated carbocycles. The minimum atomic E-state index is 0.769. The smallest absolute Gasteiger partial charge is 0.119 e. The van der Waals surface area contributed by atoms with Gasteiger partial charge in [-0.3, -0.25) is 0 Å². The van der Waals surface area contributed by atoms with Gasteiger partial charge in [0.15, 0.2) is 0 Å². The molecule has 0 fully saturated rings. The number of benzene rings is 2. The summed E-state index contributed by atoms with van der Waals surface area (Å²) in [6.45, 7) is 2.87. The average Bonchev–Trinajstić information content (AvgIpc) is 2.39. The molecule has 0 aliphatic rings. The summed E-state index contributed by atoms with van der Waals surface area (Å²) in [6.07, 6.45) is 1.03. The van der Waals surface area contributed by atoms with Crippen LogP contribution in [0.4, 0.5) is 11.4 Å². The maximum Gasteiger partial charge on any atom is 0.119 e. The van der Waals surface area contributed by atoms with Gasteiger partial charge in [-0.25, -0.2) is 0 Å². The number of nitrogens with one attached hydrogen (secondary N) is 1. The molecule has 2 aromatic carbocycles. The summed E-state index contributed by atoms with van der Waals surface area (Å²) in [6, 6.07) is 18.1. The molecule has 0 bridgehead atoms. The Kier molecular flexibility index (Phi) is 4.03. The van der Waals surface area contributed by atoms with Gasteiger partial charge in [0.25, 0.3) is 0 Å². The van der Waals surface area contributed by atoms with Crippen molar-refractivity contribution in [3.63, 3.8) is 0 Å². The van der Waals surface area contributed by atoms with Gasteiger partial charge in [0.1, 0.15) is 5.75 Å². The van der Waals surface area contributed by atoms with Crippen molar-refractivity contribution in [1.82, 2.24) is 0 Å². The normalized spacial score (nSPS) is 9.94. The van der Waals surface area contributed by atoms with E-state index in [1.54, 1.807) is 0 Å². The molecule has 0 amide bonds. The lowest BCUT2D eigenvalue weighted by Gasteiger charge is -2.08. The van der Waals surface area contributed by atoms with E-state index >= 15 is 0 Å². The summed E-state index contributed by atoms with van der Waals surface area (Å²) in [4.78, 5) is 0. The molecule has 0 saturated heterocycles. The molecule has 2 rings (SSSR count). The molecular weight excluding hydrogens is 210 g/mol. The Balaban J connectivity index is 1.98. The third kappa shape index (κ3) is 3.52. The molecule has 2 nitrogen and oxygen atoms in total. The van der Waals surface area contributed by atoms with Crippen molar-refractivity contribution in [2.24, 2.45) is 0 Å². The van der Waals surface area contributed by atoms with Crippen LogP contribution < -0.4 is 10.1 Å². The molecule has 0 spiro atoms. The molecule has 1 N–H and O–H groups in total. The second kappa shape index (κ2) is 5.94. The summed E-state index contributed by atoms with van der Waals surface area (Å²) >= 11 is 0. The van der Waals surface area contributed by atoms with Crippen molar-refractivity contribution in [3.8, 4) is 5.75 Å². The number of anilines is 2. The predicted molar refractivity (Wildman–Crippen MR) is 72.0 cm³/mol. The Morgan fingerprint density at radius 2 is 1.53 bits per heavy atom. The number of para-hydroxylation sites is 1. The zero-order valence-electron chi connectivity index (χ0n) is 10.0. The predicted octanol–water partition coefficient (Wildman–Crippen LogP) is 4.22. The standard InChI is InChI=1S/C15H17NO/c1-2-12-17-15-10-8-14(9-11-15)16-13-6-4-3-5-7-13/h3-11,16H,2,12H2,1H3. The van der Waals surface area contributed by atoms with Gasteiger partial charge in [-0.05, 0) is 42.8 Å². The van der Waals surface area contributed by atoms with E-state index < -0.39 is 0 Å². The number of rotatable bonds is 5. The zero-order valence-corrected chi connectivity index (χ0v) is 10.0. The number of ether oxygens (including phenoxy) is 1. The zero-order chi connectivity index (χ0) is 11.9. The van der Waals surface area contributed by atoms with Crippen LogP contribution in [-0.2, 0) is 0 Å². The summed E-state index contributed by atoms with van der Waals surface area (Å²) in [5.41, 5.74) is 2.16. The minimum absolute atomic E-state index is 0.769. The maximum atomic E-state index is 5.53. The molecule has 0 atom stereocenters. The average molecular weight is 227 g/mol. The van der Waals surface area contributed by atoms with Crippen LogP contribution in [0.15, 0.2) is 54.6 Å². The van der Waals surface area contributed by atoms with E-state index in [9.17, 15) is 0 Å². The van der Waals surface area contributed by atoms with E-state index in [2.05, 4.69) is 12.2 Å². The Labute approximate surface area is 102 Å². The van der Waals surface area contributed by atoms with Gasteiger partial charge in [0.05, 0.1) is 6.61 Å². The van der Waals surface area contributed by atoms with Crippen molar-refractivity contribution >= 4 is 11.4 Å². The molecule has 0 radical (unpaired) electrons. The van der Waals surface area contributed by atoms with E-state index in [0.29, 0.717) is 0 Å². The highest BCUT2D eigenvalue weighted by molar-refractivity contribution is 5.59. The minimum Gasteiger partial charge on any atom is -0.494 e. The van der Waals surface area contributed by atoms with Crippen LogP contribution in [0, 0.1) is 0 Å². The first-order valence-corrected chi connectivity index (χ1v) is 5.93. The lowest BCUT2D eigenvalue weighted by molar-refractivity contribution is 0.317. The van der Waals surface area contributed by atoms with Gasteiger partial charge in [-0.1, -0.05) is 25.1 Å². The fourth-order valence-electron chi connectivity index (χ4n) is 1.54. The van der Waals surface area contributed by atoms with Crippen LogP contribution >= 0.6 is 0 Å². The summed E-state index contributed by atoms with van der Waals surface area (Å²) in [7, 11) is 0. The SMILES string of the molecule is CCCOc1ccc(Nc2ccccc2)cc1. The first-order valence-electron chi connectivity index (χ1n) is 5.93. The highest BCUT2D eigenvalue weighted by Gasteiger charge is 1.95. The molecular formula is C15H17NO. The van der Waals surface area contributed by atoms with Gasteiger partial charge < -0.3 is 10.1 Å². The molecule has 2 aromatic rings. The van der Waals surface area contributed by atoms with Gasteiger partial charge in [-0.2, -0.15) is 0 Å². The molecule has 0 aliphatic carbocycles. The second-order valence-electron chi connectivity index (χ2n) is 3.86. The second-order valence-corrected chi connectivity index (χ2v) is 3.86. The Morgan fingerprint density at radius 3 is 2.18 bits per heavy atom. The Morgan fingerprint density at radius 1 is 0.882 bits per heavy atom. The largest absolute Gasteiger partial charge is 0.494 e. The van der Waals surface area contributed by atoms with Crippen LogP contribution in [0.2, 0.25) is 0 Å². The van der Waals surface area contributed by atoms with E-state index in [1.165, 1.54) is 0 Å². The highest BCUT2D eigenvalue weighted by Crippen LogP contribution is 2.19. The van der Waals surface area contributed by atoms with E-state index in [0.717, 1.165) is 30.2 Å².